The van der Waals surface area contributed by atoms with Crippen LogP contribution in [-0.2, 0) is 4.79 Å². The van der Waals surface area contributed by atoms with Crippen LogP contribution in [0.3, 0.4) is 0 Å². The topological polar surface area (TPSA) is 130 Å². The van der Waals surface area contributed by atoms with Crippen LogP contribution in [0.2, 0.25) is 0 Å². The van der Waals surface area contributed by atoms with Crippen molar-refractivity contribution in [2.75, 3.05) is 25.0 Å². The van der Waals surface area contributed by atoms with Gasteiger partial charge in [0, 0.05) is 19.2 Å². The molecule has 2 aliphatic rings. The van der Waals surface area contributed by atoms with E-state index in [1.165, 1.54) is 12.1 Å². The molecule has 1 N–H and O–H groups in total. The lowest BCUT2D eigenvalue weighted by atomic mass is 10.1. The van der Waals surface area contributed by atoms with Crippen molar-refractivity contribution >= 4 is 35.0 Å². The highest BCUT2D eigenvalue weighted by Crippen LogP contribution is 2.30. The lowest BCUT2D eigenvalue weighted by molar-refractivity contribution is -0.385. The number of benzene rings is 2. The smallest absolute Gasteiger partial charge is 0.282 e. The van der Waals surface area contributed by atoms with Gasteiger partial charge in [0.25, 0.3) is 23.4 Å². The summed E-state index contributed by atoms with van der Waals surface area (Å²) in [5.41, 5.74) is -0.328. The van der Waals surface area contributed by atoms with Crippen LogP contribution >= 0.6 is 0 Å². The molecule has 164 valence electrons. The Kier molecular flexibility index (Phi) is 5.67. The SMILES string of the molecule is O=C(CN1C(=O)c2cccc([N+](=O)[O-])c2C1=O)Nc1ccccc1C(=O)N1CCCCC1. The van der Waals surface area contributed by atoms with Crippen LogP contribution in [-0.4, -0.2) is 58.0 Å². The van der Waals surface area contributed by atoms with Crippen molar-refractivity contribution in [3.63, 3.8) is 0 Å². The summed E-state index contributed by atoms with van der Waals surface area (Å²) < 4.78 is 0. The van der Waals surface area contributed by atoms with Crippen LogP contribution in [0.5, 0.6) is 0 Å². The van der Waals surface area contributed by atoms with Crippen molar-refractivity contribution in [2.45, 2.75) is 19.3 Å². The van der Waals surface area contributed by atoms with Crippen molar-refractivity contribution in [2.24, 2.45) is 0 Å². The van der Waals surface area contributed by atoms with Gasteiger partial charge in [-0.05, 0) is 37.5 Å². The molecule has 0 radical (unpaired) electrons. The molecule has 0 aliphatic carbocycles. The first-order chi connectivity index (χ1) is 15.4. The fraction of sp³-hybridized carbons (Fsp3) is 0.273. The Morgan fingerprint density at radius 2 is 1.69 bits per heavy atom. The van der Waals surface area contributed by atoms with E-state index in [0.29, 0.717) is 23.6 Å². The summed E-state index contributed by atoms with van der Waals surface area (Å²) in [4.78, 5) is 63.7. The van der Waals surface area contributed by atoms with E-state index < -0.39 is 34.9 Å². The molecule has 1 fully saturated rings. The molecule has 2 heterocycles. The minimum Gasteiger partial charge on any atom is -0.339 e. The number of fused-ring (bicyclic) bond motifs is 1. The van der Waals surface area contributed by atoms with Crippen molar-refractivity contribution in [3.8, 4) is 0 Å². The standard InChI is InChI=1S/C22H20N4O6/c27-18(13-25-21(29)15-8-6-10-17(26(31)32)19(15)22(25)30)23-16-9-3-2-7-14(16)20(28)24-11-4-1-5-12-24/h2-3,6-10H,1,4-5,11-13H2,(H,23,27). The molecule has 4 amide bonds. The van der Waals surface area contributed by atoms with Gasteiger partial charge in [-0.25, -0.2) is 0 Å². The Bertz CT molecular complexity index is 1140. The minimum absolute atomic E-state index is 0.113. The second kappa shape index (κ2) is 8.58. The summed E-state index contributed by atoms with van der Waals surface area (Å²) in [6.45, 7) is 0.666. The number of anilines is 1. The van der Waals surface area contributed by atoms with E-state index >= 15 is 0 Å². The summed E-state index contributed by atoms with van der Waals surface area (Å²) in [5.74, 6) is -2.57. The van der Waals surface area contributed by atoms with Crippen LogP contribution in [0.15, 0.2) is 42.5 Å². The number of hydrogen-bond donors (Lipinski definition) is 1. The molecular weight excluding hydrogens is 416 g/mol. The number of carbonyl (C=O) groups excluding carboxylic acids is 4. The summed E-state index contributed by atoms with van der Waals surface area (Å²) in [7, 11) is 0. The number of amides is 4. The predicted molar refractivity (Wildman–Crippen MR) is 113 cm³/mol. The second-order valence-corrected chi connectivity index (χ2v) is 7.60. The minimum atomic E-state index is -0.898. The largest absolute Gasteiger partial charge is 0.339 e. The summed E-state index contributed by atoms with van der Waals surface area (Å²) >= 11 is 0. The first-order valence-electron chi connectivity index (χ1n) is 10.2. The van der Waals surface area contributed by atoms with Gasteiger partial charge in [-0.15, -0.1) is 0 Å². The van der Waals surface area contributed by atoms with Crippen molar-refractivity contribution in [1.82, 2.24) is 9.80 Å². The molecular formula is C22H20N4O6. The maximum atomic E-state index is 12.9. The van der Waals surface area contributed by atoms with Crippen molar-refractivity contribution in [3.05, 3.63) is 69.3 Å². The van der Waals surface area contributed by atoms with Gasteiger partial charge in [0.1, 0.15) is 12.1 Å². The Morgan fingerprint density at radius 3 is 2.41 bits per heavy atom. The molecule has 0 unspecified atom stereocenters. The average molecular weight is 436 g/mol. The zero-order chi connectivity index (χ0) is 22.8. The van der Waals surface area contributed by atoms with Gasteiger partial charge in [0.2, 0.25) is 5.91 Å². The van der Waals surface area contributed by atoms with Crippen molar-refractivity contribution in [1.29, 1.82) is 0 Å². The highest BCUT2D eigenvalue weighted by Gasteiger charge is 2.41. The number of para-hydroxylation sites is 1. The third kappa shape index (κ3) is 3.82. The van der Waals surface area contributed by atoms with E-state index in [1.54, 1.807) is 29.2 Å². The summed E-state index contributed by atoms with van der Waals surface area (Å²) in [6, 6.07) is 10.3. The zero-order valence-electron chi connectivity index (χ0n) is 17.1. The number of likely N-dealkylation sites (tertiary alicyclic amines) is 1. The molecule has 2 aromatic carbocycles. The van der Waals surface area contributed by atoms with E-state index in [9.17, 15) is 29.3 Å². The van der Waals surface area contributed by atoms with E-state index in [0.717, 1.165) is 25.3 Å². The van der Waals surface area contributed by atoms with Crippen LogP contribution in [0.25, 0.3) is 0 Å². The zero-order valence-corrected chi connectivity index (χ0v) is 17.1. The fourth-order valence-corrected chi connectivity index (χ4v) is 3.99. The number of hydrogen-bond acceptors (Lipinski definition) is 6. The Morgan fingerprint density at radius 1 is 0.969 bits per heavy atom. The molecule has 0 atom stereocenters. The van der Waals surface area contributed by atoms with E-state index in [1.807, 2.05) is 0 Å². The third-order valence-electron chi connectivity index (χ3n) is 5.55. The molecule has 2 aliphatic heterocycles. The van der Waals surface area contributed by atoms with Gasteiger partial charge < -0.3 is 10.2 Å². The number of carbonyl (C=O) groups is 4. The van der Waals surface area contributed by atoms with Gasteiger partial charge in [0.15, 0.2) is 0 Å². The molecule has 10 nitrogen and oxygen atoms in total. The maximum absolute atomic E-state index is 12.9. The molecule has 1 saturated heterocycles. The van der Waals surface area contributed by atoms with Crippen LogP contribution in [0.1, 0.15) is 50.3 Å². The number of nitro benzene ring substituents is 1. The van der Waals surface area contributed by atoms with Gasteiger partial charge in [-0.2, -0.15) is 0 Å². The number of nitro groups is 1. The quantitative estimate of drug-likeness (QED) is 0.435. The highest BCUT2D eigenvalue weighted by molar-refractivity contribution is 6.24. The fourth-order valence-electron chi connectivity index (χ4n) is 3.99. The Hall–Kier alpha value is -4.08. The molecule has 2 aromatic rings. The van der Waals surface area contributed by atoms with Gasteiger partial charge in [-0.3, -0.25) is 34.2 Å². The predicted octanol–water partition coefficient (Wildman–Crippen LogP) is 2.46. The van der Waals surface area contributed by atoms with Gasteiger partial charge in [-0.1, -0.05) is 18.2 Å². The summed E-state index contributed by atoms with van der Waals surface area (Å²) in [5, 5.41) is 13.8. The lowest BCUT2D eigenvalue weighted by Gasteiger charge is -2.27. The molecule has 32 heavy (non-hydrogen) atoms. The van der Waals surface area contributed by atoms with Crippen LogP contribution < -0.4 is 5.32 Å². The number of nitrogens with one attached hydrogen (secondary N) is 1. The van der Waals surface area contributed by atoms with E-state index in [-0.39, 0.29) is 22.7 Å². The highest BCUT2D eigenvalue weighted by atomic mass is 16.6. The first kappa shape index (κ1) is 21.2. The number of piperidine rings is 1. The summed E-state index contributed by atoms with van der Waals surface area (Å²) in [6.07, 6.45) is 2.92. The second-order valence-electron chi connectivity index (χ2n) is 7.60. The van der Waals surface area contributed by atoms with Gasteiger partial charge in [0.05, 0.1) is 21.7 Å². The van der Waals surface area contributed by atoms with Crippen molar-refractivity contribution < 1.29 is 24.1 Å². The maximum Gasteiger partial charge on any atom is 0.282 e. The monoisotopic (exact) mass is 436 g/mol. The van der Waals surface area contributed by atoms with Gasteiger partial charge >= 0.3 is 0 Å². The number of imide groups is 1. The molecule has 0 spiro atoms. The molecule has 0 aromatic heterocycles. The normalized spacial score (nSPS) is 15.5. The average Bonchev–Trinajstić information content (AvgIpc) is 3.04. The molecule has 0 bridgehead atoms. The Labute approximate surface area is 182 Å². The molecule has 10 heteroatoms. The lowest BCUT2D eigenvalue weighted by Crippen LogP contribution is -2.38. The molecule has 0 saturated carbocycles. The first-order valence-corrected chi connectivity index (χ1v) is 10.2. The van der Waals surface area contributed by atoms with Crippen LogP contribution in [0, 0.1) is 10.1 Å². The number of rotatable bonds is 5. The number of nitrogens with zero attached hydrogens (tertiary/aromatic N) is 3. The van der Waals surface area contributed by atoms with E-state index in [2.05, 4.69) is 5.32 Å². The Balaban J connectivity index is 1.51. The third-order valence-corrected chi connectivity index (χ3v) is 5.55. The van der Waals surface area contributed by atoms with Crippen LogP contribution in [0.4, 0.5) is 11.4 Å². The molecule has 4 rings (SSSR count). The van der Waals surface area contributed by atoms with E-state index in [4.69, 9.17) is 0 Å².